The van der Waals surface area contributed by atoms with Crippen LogP contribution < -0.4 is 11.5 Å². The minimum Gasteiger partial charge on any atom is -0.383 e. The summed E-state index contributed by atoms with van der Waals surface area (Å²) in [6.45, 7) is 4.00. The lowest BCUT2D eigenvalue weighted by Crippen LogP contribution is -2.09. The molecule has 4 N–H and O–H groups in total. The zero-order chi connectivity index (χ0) is 17.5. The number of benzene rings is 1. The fourth-order valence-corrected chi connectivity index (χ4v) is 2.14. The molecule has 0 amide bonds. The van der Waals surface area contributed by atoms with Gasteiger partial charge < -0.3 is 11.5 Å². The first-order chi connectivity index (χ1) is 11.6. The van der Waals surface area contributed by atoms with Crippen molar-refractivity contribution < 1.29 is 4.39 Å². The molecule has 5 nitrogen and oxygen atoms in total. The molecule has 0 bridgehead atoms. The fourth-order valence-electron chi connectivity index (χ4n) is 2.14. The van der Waals surface area contributed by atoms with E-state index in [-0.39, 0.29) is 23.9 Å². The Morgan fingerprint density at radius 3 is 2.12 bits per heavy atom. The highest BCUT2D eigenvalue weighted by molar-refractivity contribution is 5.61. The highest BCUT2D eigenvalue weighted by Crippen LogP contribution is 2.24. The second-order valence-corrected chi connectivity index (χ2v) is 4.78. The van der Waals surface area contributed by atoms with Crippen molar-refractivity contribution >= 4 is 11.6 Å². The van der Waals surface area contributed by atoms with Crippen LogP contribution in [0.1, 0.15) is 25.0 Å². The van der Waals surface area contributed by atoms with Crippen LogP contribution in [-0.2, 0) is 6.42 Å². The zero-order valence-corrected chi connectivity index (χ0v) is 13.7. The van der Waals surface area contributed by atoms with Crippen LogP contribution in [0, 0.1) is 5.82 Å². The molecular weight excluding hydrogens is 305 g/mol. The number of nitrogens with zero attached hydrogens (tertiary/aromatic N) is 3. The summed E-state index contributed by atoms with van der Waals surface area (Å²) >= 11 is 0. The minimum atomic E-state index is -0.310. The smallest absolute Gasteiger partial charge is 0.182 e. The van der Waals surface area contributed by atoms with Gasteiger partial charge in [0.05, 0.1) is 0 Å². The number of anilines is 2. The molecule has 0 aliphatic carbocycles. The van der Waals surface area contributed by atoms with E-state index in [1.807, 2.05) is 19.9 Å². The lowest BCUT2D eigenvalue weighted by atomic mass is 10.1. The predicted octanol–water partition coefficient (Wildman–Crippen LogP) is 3.46. The van der Waals surface area contributed by atoms with Crippen LogP contribution in [0.2, 0.25) is 0 Å². The molecule has 1 aromatic carbocycles. The van der Waals surface area contributed by atoms with Gasteiger partial charge in [0.25, 0.3) is 0 Å². The van der Waals surface area contributed by atoms with Gasteiger partial charge >= 0.3 is 0 Å². The Kier molecular flexibility index (Phi) is 5.78. The molecule has 0 fully saturated rings. The maximum atomic E-state index is 13.8. The lowest BCUT2D eigenvalue weighted by molar-refractivity contribution is 0.614. The Bertz CT molecular complexity index is 783. The van der Waals surface area contributed by atoms with Gasteiger partial charge in [0.15, 0.2) is 5.82 Å². The summed E-state index contributed by atoms with van der Waals surface area (Å²) in [5.74, 6) is 0.510. The maximum absolute atomic E-state index is 13.8. The van der Waals surface area contributed by atoms with E-state index in [4.69, 9.17) is 11.5 Å². The summed E-state index contributed by atoms with van der Waals surface area (Å²) in [5, 5.41) is 0. The van der Waals surface area contributed by atoms with E-state index in [1.165, 1.54) is 6.07 Å². The Morgan fingerprint density at radius 2 is 1.54 bits per heavy atom. The minimum absolute atomic E-state index is 0.233. The molecule has 0 aliphatic heterocycles. The van der Waals surface area contributed by atoms with Crippen molar-refractivity contribution in [3.8, 4) is 11.5 Å². The average Bonchev–Trinajstić information content (AvgIpc) is 2.62. The van der Waals surface area contributed by atoms with Gasteiger partial charge in [0, 0.05) is 18.2 Å². The molecule has 0 radical (unpaired) electrons. The SMILES string of the molecule is CC.Nc1nc(-c2ccccn2)nc(N)c1Cc1ccccc1F. The first-order valence-electron chi connectivity index (χ1n) is 7.72. The number of hydrogen-bond donors (Lipinski definition) is 2. The third-order valence-corrected chi connectivity index (χ3v) is 3.29. The molecule has 2 aromatic heterocycles. The van der Waals surface area contributed by atoms with Crippen molar-refractivity contribution in [2.24, 2.45) is 0 Å². The molecule has 3 aromatic rings. The van der Waals surface area contributed by atoms with Crippen molar-refractivity contribution in [2.75, 3.05) is 11.5 Å². The average molecular weight is 325 g/mol. The maximum Gasteiger partial charge on any atom is 0.182 e. The van der Waals surface area contributed by atoms with Crippen LogP contribution >= 0.6 is 0 Å². The van der Waals surface area contributed by atoms with Crippen LogP contribution in [0.15, 0.2) is 48.7 Å². The van der Waals surface area contributed by atoms with Crippen LogP contribution in [0.4, 0.5) is 16.0 Å². The number of hydrogen-bond acceptors (Lipinski definition) is 5. The molecule has 0 unspecified atom stereocenters. The Balaban J connectivity index is 0.00000100. The topological polar surface area (TPSA) is 90.7 Å². The van der Waals surface area contributed by atoms with E-state index < -0.39 is 0 Å². The van der Waals surface area contributed by atoms with Crippen molar-refractivity contribution in [3.63, 3.8) is 0 Å². The van der Waals surface area contributed by atoms with Crippen LogP contribution in [0.25, 0.3) is 11.5 Å². The van der Waals surface area contributed by atoms with Gasteiger partial charge in [-0.25, -0.2) is 14.4 Å². The molecule has 0 atom stereocenters. The van der Waals surface area contributed by atoms with Crippen molar-refractivity contribution in [3.05, 3.63) is 65.6 Å². The Labute approximate surface area is 140 Å². The number of rotatable bonds is 3. The largest absolute Gasteiger partial charge is 0.383 e. The van der Waals surface area contributed by atoms with Gasteiger partial charge in [0.1, 0.15) is 23.1 Å². The summed E-state index contributed by atoms with van der Waals surface area (Å²) in [7, 11) is 0. The van der Waals surface area contributed by atoms with E-state index in [0.29, 0.717) is 22.6 Å². The van der Waals surface area contributed by atoms with Gasteiger partial charge in [-0.2, -0.15) is 0 Å². The molecule has 3 rings (SSSR count). The fraction of sp³-hybridized carbons (Fsp3) is 0.167. The van der Waals surface area contributed by atoms with Gasteiger partial charge in [-0.05, 0) is 23.8 Å². The van der Waals surface area contributed by atoms with Gasteiger partial charge in [-0.3, -0.25) is 4.98 Å². The van der Waals surface area contributed by atoms with E-state index >= 15 is 0 Å². The van der Waals surface area contributed by atoms with E-state index in [0.717, 1.165) is 0 Å². The van der Waals surface area contributed by atoms with Crippen LogP contribution in [0.3, 0.4) is 0 Å². The summed E-state index contributed by atoms with van der Waals surface area (Å²) < 4.78 is 13.8. The van der Waals surface area contributed by atoms with Crippen molar-refractivity contribution in [1.82, 2.24) is 15.0 Å². The first kappa shape index (κ1) is 17.3. The monoisotopic (exact) mass is 325 g/mol. The van der Waals surface area contributed by atoms with Gasteiger partial charge in [-0.1, -0.05) is 38.1 Å². The van der Waals surface area contributed by atoms with Gasteiger partial charge in [0.2, 0.25) is 0 Å². The lowest BCUT2D eigenvalue weighted by Gasteiger charge is -2.10. The quantitative estimate of drug-likeness (QED) is 0.769. The standard InChI is InChI=1S/C16H14FN5.C2H6/c17-12-6-2-1-5-10(12)9-11-14(18)21-16(22-15(11)19)13-7-3-4-8-20-13;1-2/h1-8H,9H2,(H4,18,19,21,22);1-2H3. The third-order valence-electron chi connectivity index (χ3n) is 3.29. The van der Waals surface area contributed by atoms with E-state index in [2.05, 4.69) is 15.0 Å². The van der Waals surface area contributed by atoms with Crippen LogP contribution in [0.5, 0.6) is 0 Å². The second-order valence-electron chi connectivity index (χ2n) is 4.78. The predicted molar refractivity (Wildman–Crippen MR) is 94.6 cm³/mol. The zero-order valence-electron chi connectivity index (χ0n) is 13.7. The number of nitrogen functional groups attached to an aromatic ring is 2. The molecule has 24 heavy (non-hydrogen) atoms. The second kappa shape index (κ2) is 8.01. The normalized spacial score (nSPS) is 9.96. The molecule has 0 aliphatic rings. The summed E-state index contributed by atoms with van der Waals surface area (Å²) in [6, 6.07) is 11.9. The number of nitrogens with two attached hydrogens (primary N) is 2. The molecule has 0 saturated carbocycles. The molecule has 0 spiro atoms. The summed E-state index contributed by atoms with van der Waals surface area (Å²) in [5.41, 5.74) is 13.5. The number of halogens is 1. The molecular formula is C18H20FN5. The van der Waals surface area contributed by atoms with Crippen LogP contribution in [-0.4, -0.2) is 15.0 Å². The van der Waals surface area contributed by atoms with E-state index in [9.17, 15) is 4.39 Å². The summed E-state index contributed by atoms with van der Waals surface area (Å²) in [4.78, 5) is 12.6. The molecule has 2 heterocycles. The Hall–Kier alpha value is -3.02. The third kappa shape index (κ3) is 3.84. The highest BCUT2D eigenvalue weighted by Gasteiger charge is 2.14. The first-order valence-corrected chi connectivity index (χ1v) is 7.72. The highest BCUT2D eigenvalue weighted by atomic mass is 19.1. The number of pyridine rings is 1. The van der Waals surface area contributed by atoms with E-state index in [1.54, 1.807) is 36.5 Å². The summed E-state index contributed by atoms with van der Waals surface area (Å²) in [6.07, 6.45) is 1.88. The molecule has 124 valence electrons. The molecule has 0 saturated heterocycles. The Morgan fingerprint density at radius 1 is 0.917 bits per heavy atom. The van der Waals surface area contributed by atoms with Crippen molar-refractivity contribution in [1.29, 1.82) is 0 Å². The molecule has 6 heteroatoms. The van der Waals surface area contributed by atoms with Gasteiger partial charge in [-0.15, -0.1) is 0 Å². The van der Waals surface area contributed by atoms with Crippen molar-refractivity contribution in [2.45, 2.75) is 20.3 Å². The number of aromatic nitrogens is 3.